The van der Waals surface area contributed by atoms with E-state index in [2.05, 4.69) is 24.3 Å². The number of carbonyl (C=O) groups is 1. The highest BCUT2D eigenvalue weighted by atomic mass is 35.5. The number of hydrogen-bond acceptors (Lipinski definition) is 3. The Hall–Kier alpha value is -1.45. The number of hydrogen-bond donors (Lipinski definition) is 0. The van der Waals surface area contributed by atoms with Crippen molar-refractivity contribution in [3.05, 3.63) is 52.4 Å². The number of carbonyl (C=O) groups excluding carboxylic acids is 1. The zero-order valence-electron chi connectivity index (χ0n) is 9.35. The van der Waals surface area contributed by atoms with E-state index >= 15 is 0 Å². The van der Waals surface area contributed by atoms with Gasteiger partial charge in [-0.3, -0.25) is 0 Å². The summed E-state index contributed by atoms with van der Waals surface area (Å²) < 4.78 is 4.87. The van der Waals surface area contributed by atoms with E-state index in [9.17, 15) is 4.79 Å². The van der Waals surface area contributed by atoms with Gasteiger partial charge < -0.3 is 4.74 Å². The second-order valence-electron chi connectivity index (χ2n) is 3.92. The standard InChI is InChI=1S/C14H9ClO2S/c15-13-12(8-17-14(13)16)18-11-6-5-9-3-1-2-4-10(9)7-11/h1-7H,8H2. The normalized spacial score (nSPS) is 15.3. The highest BCUT2D eigenvalue weighted by Gasteiger charge is 2.23. The SMILES string of the molecule is O=C1OCC(Sc2ccc3ccccc3c2)=C1Cl. The number of fused-ring (bicyclic) bond motifs is 1. The molecule has 0 N–H and O–H groups in total. The van der Waals surface area contributed by atoms with Crippen molar-refractivity contribution in [2.45, 2.75) is 4.90 Å². The average Bonchev–Trinajstić information content (AvgIpc) is 2.71. The largest absolute Gasteiger partial charge is 0.456 e. The molecular weight excluding hydrogens is 268 g/mol. The van der Waals surface area contributed by atoms with Gasteiger partial charge in [0, 0.05) is 4.90 Å². The second-order valence-corrected chi connectivity index (χ2v) is 5.47. The van der Waals surface area contributed by atoms with Gasteiger partial charge in [-0.1, -0.05) is 53.7 Å². The summed E-state index contributed by atoms with van der Waals surface area (Å²) in [5.74, 6) is -0.431. The first-order valence-corrected chi connectivity index (χ1v) is 6.66. The van der Waals surface area contributed by atoms with Gasteiger partial charge in [0.15, 0.2) is 0 Å². The smallest absolute Gasteiger partial charge is 0.351 e. The van der Waals surface area contributed by atoms with Crippen molar-refractivity contribution in [1.29, 1.82) is 0 Å². The van der Waals surface area contributed by atoms with E-state index in [0.717, 1.165) is 9.80 Å². The minimum Gasteiger partial charge on any atom is -0.456 e. The zero-order chi connectivity index (χ0) is 12.5. The Morgan fingerprint density at radius 2 is 1.89 bits per heavy atom. The fraction of sp³-hybridized carbons (Fsp3) is 0.0714. The summed E-state index contributed by atoms with van der Waals surface area (Å²) in [4.78, 5) is 13.0. The third kappa shape index (κ3) is 2.11. The fourth-order valence-electron chi connectivity index (χ4n) is 1.82. The molecule has 1 aliphatic rings. The molecule has 90 valence electrons. The van der Waals surface area contributed by atoms with Crippen molar-refractivity contribution >= 4 is 40.1 Å². The third-order valence-electron chi connectivity index (χ3n) is 2.72. The molecule has 0 aliphatic carbocycles. The predicted molar refractivity (Wildman–Crippen MR) is 73.6 cm³/mol. The summed E-state index contributed by atoms with van der Waals surface area (Å²) >= 11 is 7.36. The molecule has 3 rings (SSSR count). The van der Waals surface area contributed by atoms with E-state index in [4.69, 9.17) is 16.3 Å². The molecule has 0 amide bonds. The molecule has 0 radical (unpaired) electrons. The van der Waals surface area contributed by atoms with Gasteiger partial charge in [-0.15, -0.1) is 0 Å². The van der Waals surface area contributed by atoms with Crippen LogP contribution in [0.15, 0.2) is 57.3 Å². The van der Waals surface area contributed by atoms with Crippen LogP contribution in [0.25, 0.3) is 10.8 Å². The molecule has 0 aromatic heterocycles. The minimum absolute atomic E-state index is 0.202. The molecule has 4 heteroatoms. The van der Waals surface area contributed by atoms with Gasteiger partial charge in [0.25, 0.3) is 0 Å². The average molecular weight is 277 g/mol. The highest BCUT2D eigenvalue weighted by molar-refractivity contribution is 8.03. The molecule has 2 nitrogen and oxygen atoms in total. The molecule has 0 spiro atoms. The van der Waals surface area contributed by atoms with E-state index in [0.29, 0.717) is 0 Å². The van der Waals surface area contributed by atoms with Crippen LogP contribution in [0.1, 0.15) is 0 Å². The van der Waals surface area contributed by atoms with Crippen LogP contribution in [0.2, 0.25) is 0 Å². The number of halogens is 1. The molecule has 0 bridgehead atoms. The molecule has 0 atom stereocenters. The summed E-state index contributed by atoms with van der Waals surface area (Å²) in [6.07, 6.45) is 0. The maximum absolute atomic E-state index is 11.2. The van der Waals surface area contributed by atoms with Crippen molar-refractivity contribution in [3.8, 4) is 0 Å². The Kier molecular flexibility index (Phi) is 3.02. The van der Waals surface area contributed by atoms with E-state index in [1.807, 2.05) is 18.2 Å². The van der Waals surface area contributed by atoms with E-state index in [1.54, 1.807) is 0 Å². The van der Waals surface area contributed by atoms with Crippen molar-refractivity contribution in [2.24, 2.45) is 0 Å². The maximum atomic E-state index is 11.2. The van der Waals surface area contributed by atoms with Gasteiger partial charge in [0.05, 0.1) is 4.91 Å². The minimum atomic E-state index is -0.431. The molecule has 2 aromatic carbocycles. The lowest BCUT2D eigenvalue weighted by Crippen LogP contribution is -1.93. The van der Waals surface area contributed by atoms with E-state index < -0.39 is 5.97 Å². The molecule has 0 fully saturated rings. The number of rotatable bonds is 2. The van der Waals surface area contributed by atoms with Crippen molar-refractivity contribution < 1.29 is 9.53 Å². The highest BCUT2D eigenvalue weighted by Crippen LogP contribution is 2.35. The van der Waals surface area contributed by atoms with Gasteiger partial charge in [-0.05, 0) is 22.9 Å². The Morgan fingerprint density at radius 1 is 1.11 bits per heavy atom. The van der Waals surface area contributed by atoms with Crippen LogP contribution in [0.4, 0.5) is 0 Å². The van der Waals surface area contributed by atoms with Crippen LogP contribution in [0, 0.1) is 0 Å². The molecule has 18 heavy (non-hydrogen) atoms. The number of cyclic esters (lactones) is 1. The molecule has 0 unspecified atom stereocenters. The number of esters is 1. The lowest BCUT2D eigenvalue weighted by Gasteiger charge is -2.03. The lowest BCUT2D eigenvalue weighted by atomic mass is 10.1. The van der Waals surface area contributed by atoms with Crippen LogP contribution >= 0.6 is 23.4 Å². The van der Waals surface area contributed by atoms with Crippen molar-refractivity contribution in [3.63, 3.8) is 0 Å². The Labute approximate surface area is 114 Å². The quantitative estimate of drug-likeness (QED) is 0.777. The molecule has 0 saturated heterocycles. The van der Waals surface area contributed by atoms with Crippen LogP contribution in [0.3, 0.4) is 0 Å². The van der Waals surface area contributed by atoms with Gasteiger partial charge >= 0.3 is 5.97 Å². The van der Waals surface area contributed by atoms with Gasteiger partial charge in [-0.2, -0.15) is 0 Å². The number of ether oxygens (including phenoxy) is 1. The van der Waals surface area contributed by atoms with Crippen LogP contribution in [-0.4, -0.2) is 12.6 Å². The topological polar surface area (TPSA) is 26.3 Å². The third-order valence-corrected chi connectivity index (χ3v) is 4.27. The van der Waals surface area contributed by atoms with Crippen LogP contribution < -0.4 is 0 Å². The van der Waals surface area contributed by atoms with Gasteiger partial charge in [0.2, 0.25) is 0 Å². The molecule has 2 aromatic rings. The molecule has 1 heterocycles. The molecular formula is C14H9ClO2S. The van der Waals surface area contributed by atoms with Gasteiger partial charge in [-0.25, -0.2) is 4.79 Å². The Balaban J connectivity index is 1.94. The Morgan fingerprint density at radius 3 is 2.61 bits per heavy atom. The van der Waals surface area contributed by atoms with E-state index in [1.165, 1.54) is 22.5 Å². The van der Waals surface area contributed by atoms with Crippen LogP contribution in [0.5, 0.6) is 0 Å². The number of benzene rings is 2. The summed E-state index contributed by atoms with van der Waals surface area (Å²) in [7, 11) is 0. The van der Waals surface area contributed by atoms with Crippen molar-refractivity contribution in [1.82, 2.24) is 0 Å². The Bertz CT molecular complexity index is 664. The summed E-state index contributed by atoms with van der Waals surface area (Å²) in [5.41, 5.74) is 0. The first kappa shape index (κ1) is 11.6. The van der Waals surface area contributed by atoms with E-state index in [-0.39, 0.29) is 11.6 Å². The number of thioether (sulfide) groups is 1. The van der Waals surface area contributed by atoms with Gasteiger partial charge in [0.1, 0.15) is 11.6 Å². The fourth-order valence-corrected chi connectivity index (χ4v) is 2.94. The van der Waals surface area contributed by atoms with Crippen molar-refractivity contribution in [2.75, 3.05) is 6.61 Å². The maximum Gasteiger partial charge on any atom is 0.351 e. The molecule has 1 aliphatic heterocycles. The second kappa shape index (κ2) is 4.67. The summed E-state index contributed by atoms with van der Waals surface area (Å²) in [6.45, 7) is 0.273. The first-order valence-electron chi connectivity index (χ1n) is 5.46. The monoisotopic (exact) mass is 276 g/mol. The van der Waals surface area contributed by atoms with Crippen LogP contribution in [-0.2, 0) is 9.53 Å². The first-order chi connectivity index (χ1) is 8.74. The summed E-state index contributed by atoms with van der Waals surface area (Å²) in [6, 6.07) is 14.3. The lowest BCUT2D eigenvalue weighted by molar-refractivity contribution is -0.135. The molecule has 0 saturated carbocycles. The zero-order valence-corrected chi connectivity index (χ0v) is 10.9. The predicted octanol–water partition coefficient (Wildman–Crippen LogP) is 3.94. The summed E-state index contributed by atoms with van der Waals surface area (Å²) in [5, 5.41) is 2.57.